The van der Waals surface area contributed by atoms with Gasteiger partial charge >= 0.3 is 6.18 Å². The van der Waals surface area contributed by atoms with E-state index in [2.05, 4.69) is 15.4 Å². The van der Waals surface area contributed by atoms with Crippen molar-refractivity contribution in [1.29, 1.82) is 0 Å². The first kappa shape index (κ1) is 23.7. The first-order valence-electron chi connectivity index (χ1n) is 10.3. The maximum atomic E-state index is 13.8. The summed E-state index contributed by atoms with van der Waals surface area (Å²) in [5, 5.41) is 26.9. The van der Waals surface area contributed by atoms with Crippen LogP contribution in [-0.2, 0) is 6.18 Å². The molecule has 0 spiro atoms. The average Bonchev–Trinajstić information content (AvgIpc) is 3.23. The summed E-state index contributed by atoms with van der Waals surface area (Å²) >= 11 is 0. The number of alkyl halides is 3. The standard InChI is InChI=1S/C23H18F3N5O4/c1-12(2)13-3-5-14(6-4-13)18-10-20(23(24,25)26)30-21(28-18)16(11-27-30)22(33)29-17-8-7-15(31(34)35)9-19(17)32/h3-12,32H,1-2H3,(H,29,33). The van der Waals surface area contributed by atoms with E-state index >= 15 is 0 Å². The molecule has 4 aromatic rings. The lowest BCUT2D eigenvalue weighted by atomic mass is 10.0. The molecule has 2 heterocycles. The average molecular weight is 485 g/mol. The molecule has 0 fully saturated rings. The number of halogens is 3. The number of nitrogens with zero attached hydrogens (tertiary/aromatic N) is 4. The number of carbonyl (C=O) groups excluding carboxylic acids is 1. The van der Waals surface area contributed by atoms with Gasteiger partial charge in [0, 0.05) is 11.6 Å². The van der Waals surface area contributed by atoms with Gasteiger partial charge in [-0.2, -0.15) is 18.3 Å². The number of amides is 1. The van der Waals surface area contributed by atoms with E-state index < -0.39 is 34.1 Å². The van der Waals surface area contributed by atoms with Crippen molar-refractivity contribution in [2.75, 3.05) is 5.32 Å². The van der Waals surface area contributed by atoms with Crippen molar-refractivity contribution < 1.29 is 28.0 Å². The molecular formula is C23H18F3N5O4. The fourth-order valence-electron chi connectivity index (χ4n) is 3.44. The van der Waals surface area contributed by atoms with Crippen molar-refractivity contribution >= 4 is 22.9 Å². The molecule has 0 saturated heterocycles. The van der Waals surface area contributed by atoms with E-state index in [0.717, 1.165) is 36.0 Å². The molecule has 2 aromatic heterocycles. The number of non-ortho nitro benzene ring substituents is 1. The summed E-state index contributed by atoms with van der Waals surface area (Å²) in [6, 6.07) is 10.7. The first-order chi connectivity index (χ1) is 16.5. The van der Waals surface area contributed by atoms with E-state index in [0.29, 0.717) is 10.1 Å². The summed E-state index contributed by atoms with van der Waals surface area (Å²) in [7, 11) is 0. The molecule has 9 nitrogen and oxygen atoms in total. The van der Waals surface area contributed by atoms with Crippen LogP contribution in [0.1, 0.15) is 41.4 Å². The highest BCUT2D eigenvalue weighted by atomic mass is 19.4. The number of nitrogens with one attached hydrogen (secondary N) is 1. The zero-order valence-corrected chi connectivity index (χ0v) is 18.4. The molecule has 2 aromatic carbocycles. The number of fused-ring (bicyclic) bond motifs is 1. The first-order valence-corrected chi connectivity index (χ1v) is 10.3. The lowest BCUT2D eigenvalue weighted by Crippen LogP contribution is -2.16. The molecule has 12 heteroatoms. The third-order valence-electron chi connectivity index (χ3n) is 5.32. The van der Waals surface area contributed by atoms with Crippen LogP contribution in [0.15, 0.2) is 54.7 Å². The van der Waals surface area contributed by atoms with E-state index in [-0.39, 0.29) is 28.5 Å². The Bertz CT molecular complexity index is 1450. The molecule has 0 atom stereocenters. The minimum absolute atomic E-state index is 0.00661. The number of nitro benzene ring substituents is 1. The number of rotatable bonds is 5. The molecule has 1 amide bonds. The van der Waals surface area contributed by atoms with Gasteiger partial charge < -0.3 is 10.4 Å². The van der Waals surface area contributed by atoms with Crippen molar-refractivity contribution in [2.45, 2.75) is 25.9 Å². The van der Waals surface area contributed by atoms with E-state index in [4.69, 9.17) is 0 Å². The minimum atomic E-state index is -4.79. The SMILES string of the molecule is CC(C)c1ccc(-c2cc(C(F)(F)F)n3ncc(C(=O)Nc4ccc([N+](=O)[O-])cc4O)c3n2)cc1. The molecule has 0 aliphatic heterocycles. The van der Waals surface area contributed by atoms with Gasteiger partial charge in [-0.15, -0.1) is 0 Å². The molecule has 180 valence electrons. The third-order valence-corrected chi connectivity index (χ3v) is 5.32. The van der Waals surface area contributed by atoms with Gasteiger partial charge in [-0.05, 0) is 23.6 Å². The van der Waals surface area contributed by atoms with Crippen LogP contribution in [0.5, 0.6) is 5.75 Å². The van der Waals surface area contributed by atoms with Crippen LogP contribution in [0, 0.1) is 10.1 Å². The number of hydrogen-bond donors (Lipinski definition) is 2. The molecule has 35 heavy (non-hydrogen) atoms. The largest absolute Gasteiger partial charge is 0.506 e. The van der Waals surface area contributed by atoms with Crippen LogP contribution >= 0.6 is 0 Å². The minimum Gasteiger partial charge on any atom is -0.506 e. The Labute approximate surface area is 196 Å². The van der Waals surface area contributed by atoms with Crippen molar-refractivity contribution in [3.63, 3.8) is 0 Å². The van der Waals surface area contributed by atoms with Crippen LogP contribution in [0.25, 0.3) is 16.9 Å². The van der Waals surface area contributed by atoms with Crippen LogP contribution in [0.2, 0.25) is 0 Å². The maximum absolute atomic E-state index is 13.8. The van der Waals surface area contributed by atoms with E-state index in [1.165, 1.54) is 0 Å². The number of hydrogen-bond acceptors (Lipinski definition) is 6. The Balaban J connectivity index is 1.78. The summed E-state index contributed by atoms with van der Waals surface area (Å²) in [4.78, 5) is 27.2. The normalized spacial score (nSPS) is 11.7. The maximum Gasteiger partial charge on any atom is 0.433 e. The second kappa shape index (κ2) is 8.70. The van der Waals surface area contributed by atoms with Gasteiger partial charge in [0.2, 0.25) is 0 Å². The van der Waals surface area contributed by atoms with E-state index in [1.54, 1.807) is 24.3 Å². The molecule has 0 unspecified atom stereocenters. The molecule has 0 bridgehead atoms. The Hall–Kier alpha value is -4.48. The lowest BCUT2D eigenvalue weighted by Gasteiger charge is -2.12. The molecule has 2 N–H and O–H groups in total. The zero-order valence-electron chi connectivity index (χ0n) is 18.4. The summed E-state index contributed by atoms with van der Waals surface area (Å²) in [6.07, 6.45) is -3.86. The number of phenolic OH excluding ortho intramolecular Hbond substituents is 1. The Morgan fingerprint density at radius 3 is 2.40 bits per heavy atom. The molecule has 0 aliphatic carbocycles. The second-order valence-corrected chi connectivity index (χ2v) is 8.01. The van der Waals surface area contributed by atoms with Crippen molar-refractivity contribution in [2.24, 2.45) is 0 Å². The zero-order chi connectivity index (χ0) is 25.5. The summed E-state index contributed by atoms with van der Waals surface area (Å²) in [5.74, 6) is -1.26. The van der Waals surface area contributed by atoms with Gasteiger partial charge in [0.15, 0.2) is 11.3 Å². The number of aromatic nitrogens is 3. The number of aromatic hydroxyl groups is 1. The number of phenols is 1. The van der Waals surface area contributed by atoms with Crippen LogP contribution < -0.4 is 5.32 Å². The molecule has 0 saturated carbocycles. The van der Waals surface area contributed by atoms with Crippen LogP contribution in [0.3, 0.4) is 0 Å². The summed E-state index contributed by atoms with van der Waals surface area (Å²) in [5.41, 5.74) is -0.912. The molecule has 0 aliphatic rings. The molecule has 0 radical (unpaired) electrons. The predicted molar refractivity (Wildman–Crippen MR) is 120 cm³/mol. The number of anilines is 1. The summed E-state index contributed by atoms with van der Waals surface area (Å²) in [6.45, 7) is 3.97. The van der Waals surface area contributed by atoms with Gasteiger partial charge in [0.05, 0.1) is 28.6 Å². The van der Waals surface area contributed by atoms with Crippen LogP contribution in [0.4, 0.5) is 24.5 Å². The fraction of sp³-hybridized carbons (Fsp3) is 0.174. The number of nitro groups is 1. The van der Waals surface area contributed by atoms with Crippen molar-refractivity contribution in [3.05, 3.63) is 81.7 Å². The highest BCUT2D eigenvalue weighted by Crippen LogP contribution is 2.34. The monoisotopic (exact) mass is 485 g/mol. The Morgan fingerprint density at radius 1 is 1.14 bits per heavy atom. The number of benzene rings is 2. The Morgan fingerprint density at radius 2 is 1.83 bits per heavy atom. The van der Waals surface area contributed by atoms with Gasteiger partial charge in [-0.1, -0.05) is 38.1 Å². The summed E-state index contributed by atoms with van der Waals surface area (Å²) < 4.78 is 42.0. The highest BCUT2D eigenvalue weighted by Gasteiger charge is 2.36. The van der Waals surface area contributed by atoms with Gasteiger partial charge in [0.25, 0.3) is 11.6 Å². The lowest BCUT2D eigenvalue weighted by molar-refractivity contribution is -0.384. The van der Waals surface area contributed by atoms with E-state index in [1.807, 2.05) is 13.8 Å². The topological polar surface area (TPSA) is 123 Å². The quantitative estimate of drug-likeness (QED) is 0.222. The van der Waals surface area contributed by atoms with Gasteiger partial charge in [-0.25, -0.2) is 9.50 Å². The third kappa shape index (κ3) is 4.63. The second-order valence-electron chi connectivity index (χ2n) is 8.01. The van der Waals surface area contributed by atoms with Crippen molar-refractivity contribution in [1.82, 2.24) is 14.6 Å². The number of carbonyl (C=O) groups is 1. The molecule has 4 rings (SSSR count). The molecular weight excluding hydrogens is 467 g/mol. The fourth-order valence-corrected chi connectivity index (χ4v) is 3.44. The predicted octanol–water partition coefficient (Wildman–Crippen LogP) is 5.40. The smallest absolute Gasteiger partial charge is 0.433 e. The van der Waals surface area contributed by atoms with Crippen molar-refractivity contribution in [3.8, 4) is 17.0 Å². The van der Waals surface area contributed by atoms with Gasteiger partial charge in [0.1, 0.15) is 11.3 Å². The highest BCUT2D eigenvalue weighted by molar-refractivity contribution is 6.09. The van der Waals surface area contributed by atoms with Crippen LogP contribution in [-0.4, -0.2) is 30.5 Å². The van der Waals surface area contributed by atoms with E-state index in [9.17, 15) is 33.2 Å². The Kier molecular flexibility index (Phi) is 5.89. The van der Waals surface area contributed by atoms with Gasteiger partial charge in [-0.3, -0.25) is 14.9 Å².